The van der Waals surface area contributed by atoms with E-state index in [0.29, 0.717) is 0 Å². The van der Waals surface area contributed by atoms with Gasteiger partial charge in [-0.05, 0) is 122 Å². The Kier molecular flexibility index (Phi) is 9.49. The van der Waals surface area contributed by atoms with Crippen LogP contribution in [0.2, 0.25) is 0 Å². The molecule has 0 fully saturated rings. The number of pyridine rings is 1. The second-order valence-corrected chi connectivity index (χ2v) is 14.4. The van der Waals surface area contributed by atoms with Gasteiger partial charge in [0.25, 0.3) is 0 Å². The van der Waals surface area contributed by atoms with E-state index < -0.39 is 0 Å². The predicted molar refractivity (Wildman–Crippen MR) is 238 cm³/mol. The maximum Gasteiger partial charge on any atom is 0.0715 e. The molecule has 56 heavy (non-hydrogen) atoms. The predicted octanol–water partition coefficient (Wildman–Crippen LogP) is 15.0. The SMILES string of the molecule is C/C=C(/c1cccc(-c2cc(-c3ccc(-c4cccc(-c5ccccc5)c4)cc3)cc(-c3cccc(-c4cccc5ccccc45)c3)n2)c1)c1ccccc1C. The molecular weight excluding hydrogens is 675 g/mol. The monoisotopic (exact) mass is 715 g/mol. The third-order valence-corrected chi connectivity index (χ3v) is 10.8. The number of fused-ring (bicyclic) bond motifs is 1. The first-order valence-corrected chi connectivity index (χ1v) is 19.3. The fraction of sp³-hybridized carbons (Fsp3) is 0.0364. The van der Waals surface area contributed by atoms with Gasteiger partial charge in [-0.3, -0.25) is 0 Å². The summed E-state index contributed by atoms with van der Waals surface area (Å²) in [6.07, 6.45) is 2.21. The Hall–Kier alpha value is -7.09. The summed E-state index contributed by atoms with van der Waals surface area (Å²) in [5.74, 6) is 0. The van der Waals surface area contributed by atoms with Gasteiger partial charge in [0.05, 0.1) is 11.4 Å². The van der Waals surface area contributed by atoms with Crippen LogP contribution in [-0.4, -0.2) is 4.98 Å². The Bertz CT molecular complexity index is 2860. The van der Waals surface area contributed by atoms with E-state index >= 15 is 0 Å². The summed E-state index contributed by atoms with van der Waals surface area (Å²) in [6, 6.07) is 74.2. The molecule has 0 N–H and O–H groups in total. The van der Waals surface area contributed by atoms with Gasteiger partial charge in [-0.25, -0.2) is 4.98 Å². The number of aromatic nitrogens is 1. The van der Waals surface area contributed by atoms with Gasteiger partial charge in [-0.1, -0.05) is 182 Å². The van der Waals surface area contributed by atoms with E-state index in [2.05, 4.69) is 226 Å². The minimum Gasteiger partial charge on any atom is -0.248 e. The molecule has 0 saturated carbocycles. The van der Waals surface area contributed by atoms with Gasteiger partial charge < -0.3 is 0 Å². The molecule has 1 nitrogen and oxygen atoms in total. The number of hydrogen-bond donors (Lipinski definition) is 0. The Labute approximate surface area is 330 Å². The van der Waals surface area contributed by atoms with Crippen molar-refractivity contribution in [1.29, 1.82) is 0 Å². The van der Waals surface area contributed by atoms with Crippen LogP contribution in [0.4, 0.5) is 0 Å². The Morgan fingerprint density at radius 1 is 0.393 bits per heavy atom. The molecule has 0 radical (unpaired) electrons. The van der Waals surface area contributed by atoms with Crippen molar-refractivity contribution in [3.63, 3.8) is 0 Å². The van der Waals surface area contributed by atoms with Crippen molar-refractivity contribution in [3.8, 4) is 67.0 Å². The summed E-state index contributed by atoms with van der Waals surface area (Å²) in [6.45, 7) is 4.30. The van der Waals surface area contributed by atoms with Crippen molar-refractivity contribution in [2.45, 2.75) is 13.8 Å². The zero-order valence-electron chi connectivity index (χ0n) is 31.7. The van der Waals surface area contributed by atoms with Crippen LogP contribution in [0.15, 0.2) is 212 Å². The zero-order valence-corrected chi connectivity index (χ0v) is 31.7. The molecule has 9 aromatic rings. The van der Waals surface area contributed by atoms with Crippen molar-refractivity contribution < 1.29 is 0 Å². The highest BCUT2D eigenvalue weighted by Crippen LogP contribution is 2.36. The zero-order chi connectivity index (χ0) is 37.8. The van der Waals surface area contributed by atoms with Gasteiger partial charge in [0.15, 0.2) is 0 Å². The number of rotatable bonds is 8. The Morgan fingerprint density at radius 2 is 0.911 bits per heavy atom. The quantitative estimate of drug-likeness (QED) is 0.153. The highest BCUT2D eigenvalue weighted by Gasteiger charge is 2.14. The molecule has 0 spiro atoms. The molecule has 0 aliphatic heterocycles. The van der Waals surface area contributed by atoms with Crippen molar-refractivity contribution in [2.75, 3.05) is 0 Å². The summed E-state index contributed by atoms with van der Waals surface area (Å²) in [5, 5.41) is 2.48. The molecule has 9 rings (SSSR count). The normalized spacial score (nSPS) is 11.5. The summed E-state index contributed by atoms with van der Waals surface area (Å²) >= 11 is 0. The van der Waals surface area contributed by atoms with E-state index in [0.717, 1.165) is 33.6 Å². The van der Waals surface area contributed by atoms with Gasteiger partial charge in [0, 0.05) is 11.1 Å². The highest BCUT2D eigenvalue weighted by molar-refractivity contribution is 5.97. The van der Waals surface area contributed by atoms with Gasteiger partial charge in [0.2, 0.25) is 0 Å². The number of allylic oxidation sites excluding steroid dienone is 1. The minimum atomic E-state index is 0.940. The average Bonchev–Trinajstić information content (AvgIpc) is 3.27. The number of benzene rings is 8. The number of hydrogen-bond acceptors (Lipinski definition) is 1. The van der Waals surface area contributed by atoms with E-state index in [1.165, 1.54) is 66.4 Å². The molecule has 1 heterocycles. The maximum absolute atomic E-state index is 5.40. The van der Waals surface area contributed by atoms with Gasteiger partial charge >= 0.3 is 0 Å². The van der Waals surface area contributed by atoms with E-state index in [9.17, 15) is 0 Å². The maximum atomic E-state index is 5.40. The summed E-state index contributed by atoms with van der Waals surface area (Å²) in [4.78, 5) is 5.40. The standard InChI is InChI=1S/C55H41N/c1-3-50(51-26-9-7-15-38(51)2)45-22-12-24-47(34-45)54-36-49(41-31-29-40(30-32-41)44-21-11-20-43(33-44)39-16-5-4-6-17-39)37-55(56-54)48-25-13-23-46(35-48)53-28-14-19-42-18-8-10-27-52(42)53/h3-37H,1-2H3/b50-3-. The van der Waals surface area contributed by atoms with Crippen LogP contribution in [0, 0.1) is 6.92 Å². The molecule has 266 valence electrons. The largest absolute Gasteiger partial charge is 0.248 e. The topological polar surface area (TPSA) is 12.9 Å². The second-order valence-electron chi connectivity index (χ2n) is 14.4. The molecule has 0 saturated heterocycles. The number of aryl methyl sites for hydroxylation is 1. The summed E-state index contributed by atoms with van der Waals surface area (Å²) in [5.41, 5.74) is 18.4. The molecule has 8 aromatic carbocycles. The Morgan fingerprint density at radius 3 is 1.64 bits per heavy atom. The van der Waals surface area contributed by atoms with Crippen LogP contribution in [0.3, 0.4) is 0 Å². The Balaban J connectivity index is 1.15. The van der Waals surface area contributed by atoms with Gasteiger partial charge in [-0.15, -0.1) is 0 Å². The first-order valence-electron chi connectivity index (χ1n) is 19.3. The molecule has 0 atom stereocenters. The molecule has 0 bridgehead atoms. The van der Waals surface area contributed by atoms with Crippen LogP contribution >= 0.6 is 0 Å². The lowest BCUT2D eigenvalue weighted by Crippen LogP contribution is -1.94. The highest BCUT2D eigenvalue weighted by atomic mass is 14.7. The van der Waals surface area contributed by atoms with Crippen molar-refractivity contribution in [3.05, 3.63) is 229 Å². The van der Waals surface area contributed by atoms with Crippen LogP contribution in [0.5, 0.6) is 0 Å². The second kappa shape index (κ2) is 15.3. The molecular formula is C55H41N. The smallest absolute Gasteiger partial charge is 0.0715 e. The molecule has 0 aliphatic carbocycles. The molecule has 1 aromatic heterocycles. The van der Waals surface area contributed by atoms with E-state index in [4.69, 9.17) is 4.98 Å². The van der Waals surface area contributed by atoms with Gasteiger partial charge in [-0.2, -0.15) is 0 Å². The lowest BCUT2D eigenvalue weighted by atomic mass is 9.92. The number of nitrogens with zero attached hydrogens (tertiary/aromatic N) is 1. The van der Waals surface area contributed by atoms with E-state index in [1.54, 1.807) is 0 Å². The van der Waals surface area contributed by atoms with Gasteiger partial charge in [0.1, 0.15) is 0 Å². The fourth-order valence-electron chi connectivity index (χ4n) is 7.88. The minimum absolute atomic E-state index is 0.940. The van der Waals surface area contributed by atoms with Crippen LogP contribution < -0.4 is 0 Å². The lowest BCUT2D eigenvalue weighted by Gasteiger charge is -2.15. The first kappa shape index (κ1) is 34.7. The van der Waals surface area contributed by atoms with Crippen molar-refractivity contribution in [2.24, 2.45) is 0 Å². The van der Waals surface area contributed by atoms with Crippen molar-refractivity contribution in [1.82, 2.24) is 4.98 Å². The first-order chi connectivity index (χ1) is 27.6. The van der Waals surface area contributed by atoms with Crippen LogP contribution in [0.1, 0.15) is 23.6 Å². The summed E-state index contributed by atoms with van der Waals surface area (Å²) in [7, 11) is 0. The molecule has 0 amide bonds. The van der Waals surface area contributed by atoms with E-state index in [-0.39, 0.29) is 0 Å². The summed E-state index contributed by atoms with van der Waals surface area (Å²) < 4.78 is 0. The van der Waals surface area contributed by atoms with E-state index in [1.807, 2.05) is 0 Å². The third kappa shape index (κ3) is 6.99. The fourth-order valence-corrected chi connectivity index (χ4v) is 7.88. The average molecular weight is 716 g/mol. The molecule has 0 aliphatic rings. The third-order valence-electron chi connectivity index (χ3n) is 10.8. The van der Waals surface area contributed by atoms with Crippen LogP contribution in [0.25, 0.3) is 83.4 Å². The molecule has 0 unspecified atom stereocenters. The van der Waals surface area contributed by atoms with Crippen molar-refractivity contribution >= 4 is 16.3 Å². The molecule has 1 heteroatoms. The van der Waals surface area contributed by atoms with Crippen LogP contribution in [-0.2, 0) is 0 Å². The lowest BCUT2D eigenvalue weighted by molar-refractivity contribution is 1.32.